The molecule has 2 heteroatoms. The van der Waals surface area contributed by atoms with Gasteiger partial charge in [0.15, 0.2) is 0 Å². The van der Waals surface area contributed by atoms with Crippen LogP contribution < -0.4 is 5.73 Å². The van der Waals surface area contributed by atoms with Gasteiger partial charge in [-0.25, -0.2) is 0 Å². The lowest BCUT2D eigenvalue weighted by Gasteiger charge is -2.31. The van der Waals surface area contributed by atoms with E-state index in [9.17, 15) is 0 Å². The first-order chi connectivity index (χ1) is 8.07. The van der Waals surface area contributed by atoms with E-state index in [2.05, 4.69) is 32.0 Å². The fraction of sp³-hybridized carbons (Fsp3) is 0.600. The largest absolute Gasteiger partial charge is 0.373 e. The number of fused-ring (bicyclic) bond motifs is 2. The zero-order valence-corrected chi connectivity index (χ0v) is 10.7. The highest BCUT2D eigenvalue weighted by atomic mass is 16.5. The molecule has 1 aromatic rings. The Bertz CT molecular complexity index is 443. The fourth-order valence-corrected chi connectivity index (χ4v) is 3.37. The first kappa shape index (κ1) is 11.2. The van der Waals surface area contributed by atoms with E-state index in [0.717, 1.165) is 19.3 Å². The molecule has 2 heterocycles. The van der Waals surface area contributed by atoms with Crippen LogP contribution in [-0.4, -0.2) is 17.7 Å². The van der Waals surface area contributed by atoms with Crippen LogP contribution in [0.15, 0.2) is 18.2 Å². The molecule has 3 atom stereocenters. The normalized spacial score (nSPS) is 35.5. The number of nitrogens with two attached hydrogens (primary N) is 1. The van der Waals surface area contributed by atoms with Crippen LogP contribution >= 0.6 is 0 Å². The Morgan fingerprint density at radius 2 is 2.18 bits per heavy atom. The molecule has 0 saturated carbocycles. The Morgan fingerprint density at radius 3 is 2.82 bits per heavy atom. The van der Waals surface area contributed by atoms with Crippen LogP contribution in [0.2, 0.25) is 0 Å². The summed E-state index contributed by atoms with van der Waals surface area (Å²) in [4.78, 5) is 0. The van der Waals surface area contributed by atoms with E-state index in [4.69, 9.17) is 10.5 Å². The Labute approximate surface area is 103 Å². The summed E-state index contributed by atoms with van der Waals surface area (Å²) in [7, 11) is 0. The fourth-order valence-electron chi connectivity index (χ4n) is 3.37. The van der Waals surface area contributed by atoms with Gasteiger partial charge >= 0.3 is 0 Å². The molecule has 0 aliphatic carbocycles. The number of hydrogen-bond acceptors (Lipinski definition) is 2. The van der Waals surface area contributed by atoms with Crippen molar-refractivity contribution in [1.29, 1.82) is 0 Å². The maximum absolute atomic E-state index is 6.57. The van der Waals surface area contributed by atoms with E-state index in [0.29, 0.717) is 6.10 Å². The van der Waals surface area contributed by atoms with Gasteiger partial charge in [-0.3, -0.25) is 0 Å². The van der Waals surface area contributed by atoms with Gasteiger partial charge in [0.2, 0.25) is 0 Å². The SMILES string of the molecule is Cc1ccc(C)c(CC2(N)CC3CCC2O3)c1. The molecule has 3 rings (SSSR count). The summed E-state index contributed by atoms with van der Waals surface area (Å²) in [6.07, 6.45) is 5.05. The van der Waals surface area contributed by atoms with Crippen LogP contribution in [0, 0.1) is 13.8 Å². The Balaban J connectivity index is 1.85. The molecular weight excluding hydrogens is 210 g/mol. The molecule has 0 amide bonds. The van der Waals surface area contributed by atoms with E-state index in [1.807, 2.05) is 0 Å². The molecule has 0 spiro atoms. The number of hydrogen-bond donors (Lipinski definition) is 1. The summed E-state index contributed by atoms with van der Waals surface area (Å²) in [5.74, 6) is 0. The van der Waals surface area contributed by atoms with E-state index >= 15 is 0 Å². The molecule has 2 N–H and O–H groups in total. The second-order valence-electron chi connectivity index (χ2n) is 5.87. The second kappa shape index (κ2) is 3.82. The number of ether oxygens (including phenoxy) is 1. The summed E-state index contributed by atoms with van der Waals surface area (Å²) < 4.78 is 5.91. The molecule has 2 aliphatic rings. The van der Waals surface area contributed by atoms with Gasteiger partial charge in [0, 0.05) is 5.54 Å². The minimum atomic E-state index is -0.124. The molecule has 2 fully saturated rings. The summed E-state index contributed by atoms with van der Waals surface area (Å²) in [6, 6.07) is 6.64. The Hall–Kier alpha value is -0.860. The Morgan fingerprint density at radius 1 is 1.35 bits per heavy atom. The van der Waals surface area contributed by atoms with E-state index < -0.39 is 0 Å². The molecule has 2 aliphatic heterocycles. The van der Waals surface area contributed by atoms with Gasteiger partial charge in [-0.15, -0.1) is 0 Å². The molecule has 1 aromatic carbocycles. The van der Waals surface area contributed by atoms with Crippen molar-refractivity contribution in [2.24, 2.45) is 5.73 Å². The summed E-state index contributed by atoms with van der Waals surface area (Å²) >= 11 is 0. The lowest BCUT2D eigenvalue weighted by molar-refractivity contribution is 0.0856. The third kappa shape index (κ3) is 1.90. The van der Waals surface area contributed by atoms with Crippen LogP contribution in [0.5, 0.6) is 0 Å². The summed E-state index contributed by atoms with van der Waals surface area (Å²) in [5, 5.41) is 0. The van der Waals surface area contributed by atoms with E-state index in [1.54, 1.807) is 0 Å². The van der Waals surface area contributed by atoms with Gasteiger partial charge in [0.05, 0.1) is 12.2 Å². The zero-order chi connectivity index (χ0) is 12.0. The van der Waals surface area contributed by atoms with Gasteiger partial charge in [0.1, 0.15) is 0 Å². The van der Waals surface area contributed by atoms with Crippen molar-refractivity contribution < 1.29 is 4.74 Å². The van der Waals surface area contributed by atoms with Gasteiger partial charge in [0.25, 0.3) is 0 Å². The predicted molar refractivity (Wildman–Crippen MR) is 69.1 cm³/mol. The van der Waals surface area contributed by atoms with E-state index in [1.165, 1.54) is 23.1 Å². The summed E-state index contributed by atoms with van der Waals surface area (Å²) in [6.45, 7) is 4.32. The highest BCUT2D eigenvalue weighted by Gasteiger charge is 2.49. The van der Waals surface area contributed by atoms with Gasteiger partial charge in [-0.2, -0.15) is 0 Å². The monoisotopic (exact) mass is 231 g/mol. The Kier molecular flexibility index (Phi) is 2.53. The quantitative estimate of drug-likeness (QED) is 0.848. The van der Waals surface area contributed by atoms with Crippen molar-refractivity contribution in [3.05, 3.63) is 34.9 Å². The van der Waals surface area contributed by atoms with Crippen molar-refractivity contribution in [2.75, 3.05) is 0 Å². The lowest BCUT2D eigenvalue weighted by atomic mass is 9.77. The minimum absolute atomic E-state index is 0.124. The van der Waals surface area contributed by atoms with Crippen molar-refractivity contribution in [3.63, 3.8) is 0 Å². The predicted octanol–water partition coefficient (Wildman–Crippen LogP) is 2.49. The second-order valence-corrected chi connectivity index (χ2v) is 5.87. The van der Waals surface area contributed by atoms with Crippen LogP contribution in [0.1, 0.15) is 36.0 Å². The van der Waals surface area contributed by atoms with Crippen LogP contribution in [0.4, 0.5) is 0 Å². The van der Waals surface area contributed by atoms with E-state index in [-0.39, 0.29) is 11.6 Å². The smallest absolute Gasteiger partial charge is 0.0763 e. The molecule has 2 saturated heterocycles. The average Bonchev–Trinajstić information content (AvgIpc) is 2.83. The van der Waals surface area contributed by atoms with Crippen molar-refractivity contribution in [2.45, 2.75) is 57.3 Å². The van der Waals surface area contributed by atoms with Gasteiger partial charge in [-0.05, 0) is 50.7 Å². The highest BCUT2D eigenvalue weighted by molar-refractivity contribution is 5.32. The van der Waals surface area contributed by atoms with Crippen LogP contribution in [-0.2, 0) is 11.2 Å². The molecule has 2 bridgehead atoms. The number of benzene rings is 1. The molecule has 0 aromatic heterocycles. The van der Waals surface area contributed by atoms with Crippen molar-refractivity contribution in [1.82, 2.24) is 0 Å². The third-order valence-corrected chi connectivity index (χ3v) is 4.38. The number of rotatable bonds is 2. The molecule has 0 radical (unpaired) electrons. The van der Waals surface area contributed by atoms with Crippen LogP contribution in [0.3, 0.4) is 0 Å². The maximum atomic E-state index is 6.57. The zero-order valence-electron chi connectivity index (χ0n) is 10.7. The highest BCUT2D eigenvalue weighted by Crippen LogP contribution is 2.42. The molecule has 17 heavy (non-hydrogen) atoms. The standard InChI is InChI=1S/C15H21NO/c1-10-3-4-11(2)12(7-10)8-15(16)9-13-5-6-14(15)17-13/h3-4,7,13-14H,5-6,8-9,16H2,1-2H3. The van der Waals surface area contributed by atoms with Crippen LogP contribution in [0.25, 0.3) is 0 Å². The first-order valence-electron chi connectivity index (χ1n) is 6.57. The minimum Gasteiger partial charge on any atom is -0.373 e. The van der Waals surface area contributed by atoms with Gasteiger partial charge < -0.3 is 10.5 Å². The molecule has 3 unspecified atom stereocenters. The average molecular weight is 231 g/mol. The molecule has 2 nitrogen and oxygen atoms in total. The molecular formula is C15H21NO. The summed E-state index contributed by atoms with van der Waals surface area (Å²) in [5.41, 5.74) is 10.5. The van der Waals surface area contributed by atoms with Crippen molar-refractivity contribution >= 4 is 0 Å². The lowest BCUT2D eigenvalue weighted by Crippen LogP contribution is -2.50. The first-order valence-corrected chi connectivity index (χ1v) is 6.57. The van der Waals surface area contributed by atoms with Gasteiger partial charge in [-0.1, -0.05) is 23.8 Å². The maximum Gasteiger partial charge on any atom is 0.0763 e. The van der Waals surface area contributed by atoms with Crippen molar-refractivity contribution in [3.8, 4) is 0 Å². The molecule has 92 valence electrons. The third-order valence-electron chi connectivity index (χ3n) is 4.38. The number of aryl methyl sites for hydroxylation is 2. The topological polar surface area (TPSA) is 35.2 Å².